The summed E-state index contributed by atoms with van der Waals surface area (Å²) in [5, 5.41) is 0.665. The van der Waals surface area contributed by atoms with Crippen molar-refractivity contribution in [3.63, 3.8) is 0 Å². The van der Waals surface area contributed by atoms with Crippen molar-refractivity contribution < 1.29 is 9.15 Å². The first kappa shape index (κ1) is 12.0. The van der Waals surface area contributed by atoms with Gasteiger partial charge in [0.15, 0.2) is 5.58 Å². The molecule has 96 valence electrons. The Morgan fingerprint density at radius 2 is 2.06 bits per heavy atom. The van der Waals surface area contributed by atoms with Gasteiger partial charge in [-0.1, -0.05) is 11.6 Å². The van der Waals surface area contributed by atoms with Gasteiger partial charge >= 0.3 is 0 Å². The van der Waals surface area contributed by atoms with Gasteiger partial charge in [-0.3, -0.25) is 0 Å². The van der Waals surface area contributed by atoms with Crippen LogP contribution in [0.5, 0.6) is 0 Å². The van der Waals surface area contributed by atoms with Crippen molar-refractivity contribution in [1.82, 2.24) is 4.98 Å². The zero-order chi connectivity index (χ0) is 12.8. The predicted molar refractivity (Wildman–Crippen MR) is 69.7 cm³/mol. The second kappa shape index (κ2) is 4.23. The van der Waals surface area contributed by atoms with Crippen molar-refractivity contribution in [2.45, 2.75) is 25.3 Å². The van der Waals surface area contributed by atoms with Crippen molar-refractivity contribution in [1.29, 1.82) is 0 Å². The molecule has 2 N–H and O–H groups in total. The Kier molecular flexibility index (Phi) is 2.81. The number of nitrogens with two attached hydrogens (primary N) is 1. The molecule has 1 fully saturated rings. The summed E-state index contributed by atoms with van der Waals surface area (Å²) in [5.41, 5.74) is 8.36. The summed E-state index contributed by atoms with van der Waals surface area (Å²) < 4.78 is 11.2. The Bertz CT molecular complexity index is 588. The minimum atomic E-state index is -0.518. The van der Waals surface area contributed by atoms with Crippen LogP contribution in [0.4, 0.5) is 0 Å². The van der Waals surface area contributed by atoms with Gasteiger partial charge in [-0.2, -0.15) is 0 Å². The quantitative estimate of drug-likeness (QED) is 0.862. The average molecular weight is 267 g/mol. The molecule has 0 bridgehead atoms. The van der Waals surface area contributed by atoms with E-state index >= 15 is 0 Å². The number of ether oxygens (including phenoxy) is 1. The number of hydrogen-bond donors (Lipinski definition) is 1. The van der Waals surface area contributed by atoms with Crippen molar-refractivity contribution in [2.24, 2.45) is 5.73 Å². The first-order valence-electron chi connectivity index (χ1n) is 6.02. The van der Waals surface area contributed by atoms with Gasteiger partial charge in [0.1, 0.15) is 5.52 Å². The fourth-order valence-electron chi connectivity index (χ4n) is 2.32. The number of nitrogens with zero attached hydrogens (tertiary/aromatic N) is 1. The van der Waals surface area contributed by atoms with E-state index in [1.807, 2.05) is 13.0 Å². The van der Waals surface area contributed by atoms with Crippen molar-refractivity contribution in [3.05, 3.63) is 28.6 Å². The fourth-order valence-corrected chi connectivity index (χ4v) is 2.59. The van der Waals surface area contributed by atoms with Gasteiger partial charge in [0.25, 0.3) is 0 Å². The highest BCUT2D eigenvalue weighted by Crippen LogP contribution is 2.33. The van der Waals surface area contributed by atoms with E-state index in [-0.39, 0.29) is 0 Å². The van der Waals surface area contributed by atoms with Gasteiger partial charge in [-0.15, -0.1) is 0 Å². The van der Waals surface area contributed by atoms with Crippen molar-refractivity contribution >= 4 is 22.7 Å². The fraction of sp³-hybridized carbons (Fsp3) is 0.462. The normalized spacial score (nSPS) is 19.3. The number of oxazole rings is 1. The molecule has 0 radical (unpaired) electrons. The van der Waals surface area contributed by atoms with E-state index in [4.69, 9.17) is 26.5 Å². The highest BCUT2D eigenvalue weighted by molar-refractivity contribution is 6.31. The summed E-state index contributed by atoms with van der Waals surface area (Å²) in [7, 11) is 0. The van der Waals surface area contributed by atoms with E-state index in [9.17, 15) is 0 Å². The summed E-state index contributed by atoms with van der Waals surface area (Å²) in [5.74, 6) is 0.589. The number of fused-ring (bicyclic) bond motifs is 1. The zero-order valence-electron chi connectivity index (χ0n) is 10.2. The summed E-state index contributed by atoms with van der Waals surface area (Å²) >= 11 is 6.02. The monoisotopic (exact) mass is 266 g/mol. The molecule has 1 aromatic heterocycles. The van der Waals surface area contributed by atoms with Gasteiger partial charge in [0.2, 0.25) is 5.89 Å². The van der Waals surface area contributed by atoms with E-state index in [0.29, 0.717) is 24.1 Å². The third kappa shape index (κ3) is 1.90. The van der Waals surface area contributed by atoms with Crippen LogP contribution < -0.4 is 5.73 Å². The Labute approximate surface area is 110 Å². The second-order valence-corrected chi connectivity index (χ2v) is 5.29. The molecule has 18 heavy (non-hydrogen) atoms. The van der Waals surface area contributed by atoms with E-state index in [1.165, 1.54) is 0 Å². The van der Waals surface area contributed by atoms with E-state index < -0.39 is 5.54 Å². The van der Waals surface area contributed by atoms with Gasteiger partial charge in [-0.05, 0) is 37.5 Å². The molecule has 0 amide bonds. The Morgan fingerprint density at radius 3 is 2.78 bits per heavy atom. The molecule has 5 heteroatoms. The highest BCUT2D eigenvalue weighted by atomic mass is 35.5. The molecule has 0 atom stereocenters. The minimum absolute atomic E-state index is 0.518. The molecule has 1 saturated heterocycles. The van der Waals surface area contributed by atoms with Crippen LogP contribution in [0, 0.1) is 6.92 Å². The number of benzene rings is 1. The maximum Gasteiger partial charge on any atom is 0.215 e. The molecule has 3 rings (SSSR count). The smallest absolute Gasteiger partial charge is 0.215 e. The molecule has 2 aromatic rings. The lowest BCUT2D eigenvalue weighted by atomic mass is 9.91. The number of aromatic nitrogens is 1. The van der Waals surface area contributed by atoms with Crippen LogP contribution in [-0.4, -0.2) is 18.2 Å². The third-order valence-electron chi connectivity index (χ3n) is 3.45. The molecular formula is C13H15ClN2O2. The molecule has 4 nitrogen and oxygen atoms in total. The van der Waals surface area contributed by atoms with Gasteiger partial charge in [0.05, 0.1) is 5.54 Å². The average Bonchev–Trinajstić information content (AvgIpc) is 2.74. The van der Waals surface area contributed by atoms with Crippen LogP contribution in [0.1, 0.15) is 24.3 Å². The number of aryl methyl sites for hydroxylation is 1. The van der Waals surface area contributed by atoms with Crippen LogP contribution in [0.15, 0.2) is 16.5 Å². The molecule has 0 saturated carbocycles. The standard InChI is InChI=1S/C13H15ClN2O2/c1-8-6-9(14)7-10-11(8)18-12(16-10)13(15)2-4-17-5-3-13/h6-7H,2-5,15H2,1H3. The lowest BCUT2D eigenvalue weighted by Crippen LogP contribution is -2.42. The predicted octanol–water partition coefficient (Wildman–Crippen LogP) is 2.75. The molecule has 1 aliphatic rings. The number of rotatable bonds is 1. The molecule has 1 aromatic carbocycles. The summed E-state index contributed by atoms with van der Waals surface area (Å²) in [4.78, 5) is 4.50. The van der Waals surface area contributed by atoms with Crippen LogP contribution >= 0.6 is 11.6 Å². The summed E-state index contributed by atoms with van der Waals surface area (Å²) in [6.07, 6.45) is 1.46. The van der Waals surface area contributed by atoms with Crippen LogP contribution in [0.3, 0.4) is 0 Å². The Balaban J connectivity index is 2.10. The van der Waals surface area contributed by atoms with Gasteiger partial charge < -0.3 is 14.9 Å². The maximum absolute atomic E-state index is 6.36. The lowest BCUT2D eigenvalue weighted by molar-refractivity contribution is 0.0429. The lowest BCUT2D eigenvalue weighted by Gasteiger charge is -2.29. The molecule has 2 heterocycles. The van der Waals surface area contributed by atoms with Crippen LogP contribution in [0.25, 0.3) is 11.1 Å². The zero-order valence-corrected chi connectivity index (χ0v) is 11.0. The third-order valence-corrected chi connectivity index (χ3v) is 3.67. The highest BCUT2D eigenvalue weighted by Gasteiger charge is 2.35. The topological polar surface area (TPSA) is 61.3 Å². The number of hydrogen-bond acceptors (Lipinski definition) is 4. The van der Waals surface area contributed by atoms with Gasteiger partial charge in [0, 0.05) is 18.2 Å². The minimum Gasteiger partial charge on any atom is -0.438 e. The first-order valence-corrected chi connectivity index (χ1v) is 6.40. The second-order valence-electron chi connectivity index (χ2n) is 4.86. The SMILES string of the molecule is Cc1cc(Cl)cc2nc(C3(N)CCOCC3)oc12. The Hall–Kier alpha value is -1.10. The molecular weight excluding hydrogens is 252 g/mol. The molecule has 0 unspecified atom stereocenters. The van der Waals surface area contributed by atoms with E-state index in [1.54, 1.807) is 6.07 Å². The van der Waals surface area contributed by atoms with Crippen LogP contribution in [-0.2, 0) is 10.3 Å². The molecule has 1 aliphatic heterocycles. The first-order chi connectivity index (χ1) is 8.58. The van der Waals surface area contributed by atoms with Gasteiger partial charge in [-0.25, -0.2) is 4.98 Å². The summed E-state index contributed by atoms with van der Waals surface area (Å²) in [6, 6.07) is 3.67. The Morgan fingerprint density at radius 1 is 1.33 bits per heavy atom. The summed E-state index contributed by atoms with van der Waals surface area (Å²) in [6.45, 7) is 3.25. The van der Waals surface area contributed by atoms with E-state index in [2.05, 4.69) is 4.98 Å². The molecule has 0 aliphatic carbocycles. The maximum atomic E-state index is 6.36. The van der Waals surface area contributed by atoms with Crippen LogP contribution in [0.2, 0.25) is 5.02 Å². The molecule has 0 spiro atoms. The van der Waals surface area contributed by atoms with E-state index in [0.717, 1.165) is 29.5 Å². The van der Waals surface area contributed by atoms with Crippen molar-refractivity contribution in [2.75, 3.05) is 13.2 Å². The largest absolute Gasteiger partial charge is 0.438 e. The number of halogens is 1. The van der Waals surface area contributed by atoms with Crippen molar-refractivity contribution in [3.8, 4) is 0 Å².